The summed E-state index contributed by atoms with van der Waals surface area (Å²) < 4.78 is 25.4. The maximum atomic E-state index is 12.7. The van der Waals surface area contributed by atoms with Crippen LogP contribution in [0.4, 0.5) is 5.69 Å². The number of aromatic nitrogens is 1. The van der Waals surface area contributed by atoms with Gasteiger partial charge < -0.3 is 5.32 Å². The molecule has 30 heavy (non-hydrogen) atoms. The zero-order valence-corrected chi connectivity index (χ0v) is 18.7. The van der Waals surface area contributed by atoms with Gasteiger partial charge >= 0.3 is 0 Å². The number of carbonyl (C=O) groups excluding carboxylic acids is 1. The fourth-order valence-electron chi connectivity index (χ4n) is 3.25. The Balaban J connectivity index is 1.76. The van der Waals surface area contributed by atoms with Gasteiger partial charge in [-0.05, 0) is 60.7 Å². The number of anilines is 1. The van der Waals surface area contributed by atoms with Crippen LogP contribution >= 0.6 is 0 Å². The Morgan fingerprint density at radius 1 is 0.967 bits per heavy atom. The summed E-state index contributed by atoms with van der Waals surface area (Å²) in [6.07, 6.45) is 1.11. The van der Waals surface area contributed by atoms with Crippen molar-refractivity contribution in [3.63, 3.8) is 0 Å². The first-order chi connectivity index (χ1) is 14.0. The number of benzene rings is 2. The molecule has 7 heteroatoms. The molecule has 1 aromatic heterocycles. The molecule has 0 spiro atoms. The Hall–Kier alpha value is -2.93. The Morgan fingerprint density at radius 2 is 1.67 bits per heavy atom. The van der Waals surface area contributed by atoms with E-state index in [1.54, 1.807) is 18.2 Å². The Kier molecular flexibility index (Phi) is 6.12. The quantitative estimate of drug-likeness (QED) is 0.607. The van der Waals surface area contributed by atoms with Crippen LogP contribution < -0.4 is 10.0 Å². The van der Waals surface area contributed by atoms with Gasteiger partial charge in [0.05, 0.1) is 23.5 Å². The minimum atomic E-state index is -3.34. The predicted octanol–water partition coefficient (Wildman–Crippen LogP) is 4.53. The molecule has 2 N–H and O–H groups in total. The van der Waals surface area contributed by atoms with Crippen LogP contribution in [0.3, 0.4) is 0 Å². The fraction of sp³-hybridized carbons (Fsp3) is 0.304. The summed E-state index contributed by atoms with van der Waals surface area (Å²) in [7, 11) is -3.34. The monoisotopic (exact) mass is 425 g/mol. The first-order valence-electron chi connectivity index (χ1n) is 9.83. The van der Waals surface area contributed by atoms with Gasteiger partial charge in [0.15, 0.2) is 0 Å². The van der Waals surface area contributed by atoms with E-state index in [0.29, 0.717) is 17.3 Å². The van der Waals surface area contributed by atoms with E-state index in [4.69, 9.17) is 0 Å². The van der Waals surface area contributed by atoms with Gasteiger partial charge in [0.25, 0.3) is 5.91 Å². The fourth-order valence-corrected chi connectivity index (χ4v) is 3.88. The molecule has 6 nitrogen and oxygen atoms in total. The lowest BCUT2D eigenvalue weighted by atomic mass is 10.0. The zero-order valence-electron chi connectivity index (χ0n) is 17.9. The number of rotatable bonds is 6. The number of hydrogen-bond donors (Lipinski definition) is 2. The van der Waals surface area contributed by atoms with Crippen molar-refractivity contribution in [2.75, 3.05) is 11.0 Å². The first-order valence-corrected chi connectivity index (χ1v) is 11.7. The number of nitrogens with zero attached hydrogens (tertiary/aromatic N) is 1. The number of aryl methyl sites for hydroxylation is 1. The summed E-state index contributed by atoms with van der Waals surface area (Å²) >= 11 is 0. The van der Waals surface area contributed by atoms with E-state index in [-0.39, 0.29) is 11.9 Å². The summed E-state index contributed by atoms with van der Waals surface area (Å²) in [5, 5.41) is 3.97. The van der Waals surface area contributed by atoms with Crippen LogP contribution in [-0.4, -0.2) is 25.6 Å². The predicted molar refractivity (Wildman–Crippen MR) is 121 cm³/mol. The molecule has 0 bridgehead atoms. The smallest absolute Gasteiger partial charge is 0.270 e. The third kappa shape index (κ3) is 5.16. The molecule has 3 rings (SSSR count). The maximum absolute atomic E-state index is 12.7. The molecule has 0 radical (unpaired) electrons. The Bertz CT molecular complexity index is 1200. The van der Waals surface area contributed by atoms with Crippen LogP contribution in [0.25, 0.3) is 10.9 Å². The largest absolute Gasteiger partial charge is 0.344 e. The van der Waals surface area contributed by atoms with Crippen LogP contribution in [0.15, 0.2) is 48.5 Å². The van der Waals surface area contributed by atoms with Crippen molar-refractivity contribution in [2.45, 2.75) is 39.7 Å². The summed E-state index contributed by atoms with van der Waals surface area (Å²) in [5.41, 5.74) is 4.56. The molecule has 0 saturated carbocycles. The molecule has 1 heterocycles. The van der Waals surface area contributed by atoms with E-state index in [0.717, 1.165) is 28.3 Å². The third-order valence-electron chi connectivity index (χ3n) is 5.01. The van der Waals surface area contributed by atoms with Crippen molar-refractivity contribution >= 4 is 32.5 Å². The molecule has 0 aliphatic heterocycles. The van der Waals surface area contributed by atoms with Crippen LogP contribution in [0, 0.1) is 6.92 Å². The van der Waals surface area contributed by atoms with Gasteiger partial charge in [-0.1, -0.05) is 38.1 Å². The lowest BCUT2D eigenvalue weighted by molar-refractivity contribution is 0.0935. The highest BCUT2D eigenvalue weighted by atomic mass is 32.2. The number of pyridine rings is 1. The zero-order chi connectivity index (χ0) is 22.1. The number of carbonyl (C=O) groups is 1. The maximum Gasteiger partial charge on any atom is 0.270 e. The number of fused-ring (bicyclic) bond motifs is 1. The van der Waals surface area contributed by atoms with Gasteiger partial charge in [-0.2, -0.15) is 0 Å². The van der Waals surface area contributed by atoms with Gasteiger partial charge in [0, 0.05) is 5.39 Å². The molecule has 1 atom stereocenters. The molecule has 0 fully saturated rings. The number of hydrogen-bond acceptors (Lipinski definition) is 4. The molecule has 3 aromatic rings. The second kappa shape index (κ2) is 8.44. The average Bonchev–Trinajstić information content (AvgIpc) is 2.67. The van der Waals surface area contributed by atoms with Crippen LogP contribution in [0.1, 0.15) is 59.9 Å². The molecule has 0 aliphatic rings. The standard InChI is InChI=1S/C23H27N3O3S/c1-14(2)17-6-10-21-19(13-17)8-11-22(25-21)23(27)24-16(4)18-7-9-20(15(3)12-18)26-30(5,28)29/h6-14,16,26H,1-5H3,(H,24,27). The van der Waals surface area contributed by atoms with Gasteiger partial charge in [-0.3, -0.25) is 9.52 Å². The van der Waals surface area contributed by atoms with E-state index in [1.807, 2.05) is 38.1 Å². The summed E-state index contributed by atoms with van der Waals surface area (Å²) in [6.45, 7) is 7.99. The molecule has 1 amide bonds. The number of amides is 1. The highest BCUT2D eigenvalue weighted by molar-refractivity contribution is 7.92. The molecule has 0 aliphatic carbocycles. The van der Waals surface area contributed by atoms with Gasteiger partial charge in [0.2, 0.25) is 10.0 Å². The van der Waals surface area contributed by atoms with Gasteiger partial charge in [-0.25, -0.2) is 13.4 Å². The molecular weight excluding hydrogens is 398 g/mol. The SMILES string of the molecule is Cc1cc(C(C)NC(=O)c2ccc3cc(C(C)C)ccc3n2)ccc1NS(C)(=O)=O. The van der Waals surface area contributed by atoms with Crippen LogP contribution in [0.2, 0.25) is 0 Å². The van der Waals surface area contributed by atoms with E-state index in [9.17, 15) is 13.2 Å². The van der Waals surface area contributed by atoms with Gasteiger partial charge in [-0.15, -0.1) is 0 Å². The lowest BCUT2D eigenvalue weighted by Gasteiger charge is -2.16. The average molecular weight is 426 g/mol. The lowest BCUT2D eigenvalue weighted by Crippen LogP contribution is -2.27. The highest BCUT2D eigenvalue weighted by Crippen LogP contribution is 2.23. The minimum absolute atomic E-state index is 0.256. The third-order valence-corrected chi connectivity index (χ3v) is 5.60. The van der Waals surface area contributed by atoms with E-state index in [2.05, 4.69) is 34.9 Å². The van der Waals surface area contributed by atoms with Crippen molar-refractivity contribution in [3.8, 4) is 0 Å². The van der Waals surface area contributed by atoms with Crippen molar-refractivity contribution in [1.82, 2.24) is 10.3 Å². The second-order valence-corrected chi connectivity index (χ2v) is 9.70. The van der Waals surface area contributed by atoms with Crippen LogP contribution in [0.5, 0.6) is 0 Å². The molecular formula is C23H27N3O3S. The number of nitrogens with one attached hydrogen (secondary N) is 2. The summed E-state index contributed by atoms with van der Waals surface area (Å²) in [4.78, 5) is 17.2. The first kappa shape index (κ1) is 21.8. The van der Waals surface area contributed by atoms with E-state index >= 15 is 0 Å². The van der Waals surface area contributed by atoms with Crippen molar-refractivity contribution in [2.24, 2.45) is 0 Å². The van der Waals surface area contributed by atoms with Crippen molar-refractivity contribution in [3.05, 3.63) is 70.9 Å². The highest BCUT2D eigenvalue weighted by Gasteiger charge is 2.15. The molecule has 2 aromatic carbocycles. The van der Waals surface area contributed by atoms with E-state index < -0.39 is 10.0 Å². The Morgan fingerprint density at radius 3 is 2.30 bits per heavy atom. The minimum Gasteiger partial charge on any atom is -0.344 e. The molecule has 158 valence electrons. The van der Waals surface area contributed by atoms with E-state index in [1.165, 1.54) is 5.56 Å². The van der Waals surface area contributed by atoms with Crippen molar-refractivity contribution in [1.29, 1.82) is 0 Å². The molecule has 1 unspecified atom stereocenters. The number of sulfonamides is 1. The van der Waals surface area contributed by atoms with Crippen LogP contribution in [-0.2, 0) is 10.0 Å². The van der Waals surface area contributed by atoms with Gasteiger partial charge in [0.1, 0.15) is 5.69 Å². The summed E-state index contributed by atoms with van der Waals surface area (Å²) in [5.74, 6) is 0.175. The van der Waals surface area contributed by atoms with Crippen molar-refractivity contribution < 1.29 is 13.2 Å². The summed E-state index contributed by atoms with van der Waals surface area (Å²) in [6, 6.07) is 14.8. The molecule has 0 saturated heterocycles. The Labute approximate surface area is 177 Å². The topological polar surface area (TPSA) is 88.2 Å². The normalized spacial score (nSPS) is 12.7. The second-order valence-electron chi connectivity index (χ2n) is 7.95.